The molecule has 0 radical (unpaired) electrons. The maximum absolute atomic E-state index is 12.6. The summed E-state index contributed by atoms with van der Waals surface area (Å²) in [6.07, 6.45) is 9.39. The Morgan fingerprint density at radius 1 is 1.24 bits per heavy atom. The SMILES string of the molecule is Cc1nnnn1/C(=C\c1ccccc1)C(=O)OCC(=O)NCCC1=CCCCC1. The highest BCUT2D eigenvalue weighted by Crippen LogP contribution is 2.19. The number of aromatic nitrogens is 4. The van der Waals surface area contributed by atoms with Crippen molar-refractivity contribution in [1.29, 1.82) is 0 Å². The Kier molecular flexibility index (Phi) is 7.27. The number of amides is 1. The quantitative estimate of drug-likeness (QED) is 0.419. The molecule has 1 aromatic carbocycles. The van der Waals surface area contributed by atoms with Gasteiger partial charge in [-0.3, -0.25) is 4.79 Å². The van der Waals surface area contributed by atoms with Crippen molar-refractivity contribution >= 4 is 23.6 Å². The number of esters is 1. The van der Waals surface area contributed by atoms with Gasteiger partial charge in [0.25, 0.3) is 5.91 Å². The predicted octanol–water partition coefficient (Wildman–Crippen LogP) is 2.53. The van der Waals surface area contributed by atoms with Crippen LogP contribution in [0.25, 0.3) is 11.8 Å². The Balaban J connectivity index is 1.57. The highest BCUT2D eigenvalue weighted by atomic mass is 16.5. The van der Waals surface area contributed by atoms with Crippen LogP contribution < -0.4 is 5.32 Å². The lowest BCUT2D eigenvalue weighted by atomic mass is 9.97. The van der Waals surface area contributed by atoms with Gasteiger partial charge < -0.3 is 10.1 Å². The maximum atomic E-state index is 12.6. The van der Waals surface area contributed by atoms with E-state index in [-0.39, 0.29) is 18.2 Å². The summed E-state index contributed by atoms with van der Waals surface area (Å²) in [5.74, 6) is -0.564. The third kappa shape index (κ3) is 6.10. The molecular formula is C21H25N5O3. The van der Waals surface area contributed by atoms with E-state index in [4.69, 9.17) is 4.74 Å². The second-order valence-corrected chi connectivity index (χ2v) is 6.86. The summed E-state index contributed by atoms with van der Waals surface area (Å²) in [5.41, 5.74) is 2.31. The average molecular weight is 395 g/mol. The molecule has 1 N–H and O–H groups in total. The van der Waals surface area contributed by atoms with Gasteiger partial charge in [0, 0.05) is 6.54 Å². The molecule has 8 heteroatoms. The standard InChI is InChI=1S/C21H25N5O3/c1-16-23-24-25-26(16)19(14-18-10-6-3-7-11-18)21(28)29-15-20(27)22-13-12-17-8-4-2-5-9-17/h3,6-8,10-11,14H,2,4-5,9,12-13,15H2,1H3,(H,22,27)/b19-14-. The lowest BCUT2D eigenvalue weighted by Gasteiger charge is -2.13. The third-order valence-electron chi connectivity index (χ3n) is 4.65. The molecule has 0 saturated carbocycles. The van der Waals surface area contributed by atoms with Gasteiger partial charge in [-0.2, -0.15) is 4.68 Å². The number of carbonyl (C=O) groups excluding carboxylic acids is 2. The number of nitrogens with one attached hydrogen (secondary N) is 1. The summed E-state index contributed by atoms with van der Waals surface area (Å²) in [5, 5.41) is 14.0. The minimum atomic E-state index is -0.672. The molecular weight excluding hydrogens is 370 g/mol. The van der Waals surface area contributed by atoms with Crippen LogP contribution in [-0.4, -0.2) is 45.2 Å². The van der Waals surface area contributed by atoms with Crippen molar-refractivity contribution in [1.82, 2.24) is 25.5 Å². The molecule has 152 valence electrons. The lowest BCUT2D eigenvalue weighted by molar-refractivity contribution is -0.143. The zero-order valence-corrected chi connectivity index (χ0v) is 16.5. The largest absolute Gasteiger partial charge is 0.451 e. The molecule has 0 unspecified atom stereocenters. The number of ether oxygens (including phenoxy) is 1. The van der Waals surface area contributed by atoms with Crippen molar-refractivity contribution in [2.45, 2.75) is 39.0 Å². The molecule has 2 aromatic rings. The Bertz CT molecular complexity index is 902. The molecule has 0 spiro atoms. The molecule has 1 aliphatic rings. The first-order chi connectivity index (χ1) is 14.1. The minimum absolute atomic E-state index is 0.138. The number of carbonyl (C=O) groups is 2. The number of nitrogens with zero attached hydrogens (tertiary/aromatic N) is 4. The number of hydrogen-bond donors (Lipinski definition) is 1. The van der Waals surface area contributed by atoms with E-state index in [9.17, 15) is 9.59 Å². The van der Waals surface area contributed by atoms with Crippen LogP contribution in [-0.2, 0) is 14.3 Å². The first-order valence-electron chi connectivity index (χ1n) is 9.77. The molecule has 1 aromatic heterocycles. The zero-order valence-electron chi connectivity index (χ0n) is 16.5. The summed E-state index contributed by atoms with van der Waals surface area (Å²) >= 11 is 0. The van der Waals surface area contributed by atoms with Crippen molar-refractivity contribution in [2.75, 3.05) is 13.2 Å². The second kappa shape index (κ2) is 10.3. The molecule has 0 saturated heterocycles. The van der Waals surface area contributed by atoms with Crippen LogP contribution in [0.4, 0.5) is 0 Å². The summed E-state index contributed by atoms with van der Waals surface area (Å²) in [7, 11) is 0. The number of rotatable bonds is 8. The lowest BCUT2D eigenvalue weighted by Crippen LogP contribution is -2.30. The first kappa shape index (κ1) is 20.4. The number of hydrogen-bond acceptors (Lipinski definition) is 6. The van der Waals surface area contributed by atoms with Gasteiger partial charge in [0.2, 0.25) is 0 Å². The van der Waals surface area contributed by atoms with Gasteiger partial charge in [0.1, 0.15) is 0 Å². The highest BCUT2D eigenvalue weighted by molar-refractivity contribution is 6.15. The van der Waals surface area contributed by atoms with E-state index in [2.05, 4.69) is 26.9 Å². The normalized spacial score (nSPS) is 14.2. The maximum Gasteiger partial charge on any atom is 0.357 e. The van der Waals surface area contributed by atoms with Crippen LogP contribution in [0.3, 0.4) is 0 Å². The van der Waals surface area contributed by atoms with E-state index < -0.39 is 5.97 Å². The van der Waals surface area contributed by atoms with Gasteiger partial charge >= 0.3 is 5.97 Å². The molecule has 1 amide bonds. The fraction of sp³-hybridized carbons (Fsp3) is 0.381. The van der Waals surface area contributed by atoms with Gasteiger partial charge in [-0.25, -0.2) is 4.79 Å². The molecule has 1 aliphatic carbocycles. The Morgan fingerprint density at radius 2 is 2.07 bits per heavy atom. The van der Waals surface area contributed by atoms with Gasteiger partial charge in [-0.1, -0.05) is 42.0 Å². The minimum Gasteiger partial charge on any atom is -0.451 e. The smallest absolute Gasteiger partial charge is 0.357 e. The van der Waals surface area contributed by atoms with Crippen LogP contribution in [0, 0.1) is 6.92 Å². The van der Waals surface area contributed by atoms with Crippen molar-refractivity contribution in [3.05, 3.63) is 53.4 Å². The van der Waals surface area contributed by atoms with Gasteiger partial charge in [-0.05, 0) is 61.1 Å². The van der Waals surface area contributed by atoms with E-state index in [0.29, 0.717) is 12.4 Å². The number of aryl methyl sites for hydroxylation is 1. The van der Waals surface area contributed by atoms with Crippen LogP contribution in [0.15, 0.2) is 42.0 Å². The van der Waals surface area contributed by atoms with Crippen molar-refractivity contribution in [3.8, 4) is 0 Å². The number of benzene rings is 1. The fourth-order valence-electron chi connectivity index (χ4n) is 3.12. The number of allylic oxidation sites excluding steroid dienone is 1. The Morgan fingerprint density at radius 3 is 2.76 bits per heavy atom. The van der Waals surface area contributed by atoms with E-state index in [1.807, 2.05) is 30.3 Å². The van der Waals surface area contributed by atoms with Crippen molar-refractivity contribution in [3.63, 3.8) is 0 Å². The van der Waals surface area contributed by atoms with Crippen LogP contribution in [0.1, 0.15) is 43.5 Å². The van der Waals surface area contributed by atoms with E-state index in [1.54, 1.807) is 13.0 Å². The summed E-state index contributed by atoms with van der Waals surface area (Å²) < 4.78 is 6.50. The van der Waals surface area contributed by atoms with Gasteiger partial charge in [-0.15, -0.1) is 5.10 Å². The van der Waals surface area contributed by atoms with Crippen LogP contribution in [0.5, 0.6) is 0 Å². The topological polar surface area (TPSA) is 99.0 Å². The zero-order chi connectivity index (χ0) is 20.5. The van der Waals surface area contributed by atoms with E-state index >= 15 is 0 Å². The molecule has 0 fully saturated rings. The van der Waals surface area contributed by atoms with Crippen LogP contribution >= 0.6 is 0 Å². The van der Waals surface area contributed by atoms with Crippen molar-refractivity contribution in [2.24, 2.45) is 0 Å². The first-order valence-corrected chi connectivity index (χ1v) is 9.77. The van der Waals surface area contributed by atoms with Gasteiger partial charge in [0.05, 0.1) is 0 Å². The van der Waals surface area contributed by atoms with Gasteiger partial charge in [0.15, 0.2) is 18.1 Å². The average Bonchev–Trinajstić information content (AvgIpc) is 3.17. The van der Waals surface area contributed by atoms with E-state index in [0.717, 1.165) is 24.8 Å². The monoisotopic (exact) mass is 395 g/mol. The summed E-state index contributed by atoms with van der Waals surface area (Å²) in [6, 6.07) is 9.29. The molecule has 3 rings (SSSR count). The molecule has 8 nitrogen and oxygen atoms in total. The fourth-order valence-corrected chi connectivity index (χ4v) is 3.12. The molecule has 0 atom stereocenters. The highest BCUT2D eigenvalue weighted by Gasteiger charge is 2.19. The third-order valence-corrected chi connectivity index (χ3v) is 4.65. The second-order valence-electron chi connectivity index (χ2n) is 6.86. The molecule has 1 heterocycles. The summed E-state index contributed by atoms with van der Waals surface area (Å²) in [6.45, 7) is 1.87. The Labute approximate surface area is 169 Å². The molecule has 0 bridgehead atoms. The van der Waals surface area contributed by atoms with E-state index in [1.165, 1.54) is 23.1 Å². The van der Waals surface area contributed by atoms with Crippen LogP contribution in [0.2, 0.25) is 0 Å². The predicted molar refractivity (Wildman–Crippen MR) is 108 cm³/mol. The Hall–Kier alpha value is -3.29. The molecule has 29 heavy (non-hydrogen) atoms. The number of tetrazole rings is 1. The molecule has 0 aliphatic heterocycles. The summed E-state index contributed by atoms with van der Waals surface area (Å²) in [4.78, 5) is 24.7. The van der Waals surface area contributed by atoms with Crippen molar-refractivity contribution < 1.29 is 14.3 Å².